The second-order valence-corrected chi connectivity index (χ2v) is 2.65. The molecule has 1 aliphatic heterocycles. The van der Waals surface area contributed by atoms with Crippen LogP contribution in [0.1, 0.15) is 13.3 Å². The highest BCUT2D eigenvalue weighted by atomic mass is 16.5. The van der Waals surface area contributed by atoms with Gasteiger partial charge in [0.15, 0.2) is 5.78 Å². The third-order valence-corrected chi connectivity index (χ3v) is 1.53. The fraction of sp³-hybridized carbons (Fsp3) is 0.625. The molecule has 10 heavy (non-hydrogen) atoms. The second kappa shape index (κ2) is 3.52. The van der Waals surface area contributed by atoms with Crippen molar-refractivity contribution in [1.29, 1.82) is 0 Å². The Kier molecular flexibility index (Phi) is 2.63. The minimum absolute atomic E-state index is 0.125. The Morgan fingerprint density at radius 3 is 2.80 bits per heavy atom. The lowest BCUT2D eigenvalue weighted by atomic mass is 10.0. The van der Waals surface area contributed by atoms with E-state index in [2.05, 4.69) is 0 Å². The summed E-state index contributed by atoms with van der Waals surface area (Å²) in [6.45, 7) is 3.29. The monoisotopic (exact) mass is 140 g/mol. The van der Waals surface area contributed by atoms with Crippen molar-refractivity contribution in [3.05, 3.63) is 12.2 Å². The zero-order chi connectivity index (χ0) is 7.40. The number of ether oxygens (including phenoxy) is 1. The van der Waals surface area contributed by atoms with Crippen LogP contribution in [0.5, 0.6) is 0 Å². The van der Waals surface area contributed by atoms with Crippen LogP contribution in [0.15, 0.2) is 12.2 Å². The summed E-state index contributed by atoms with van der Waals surface area (Å²) in [5.74, 6) is 0.788. The first-order valence-electron chi connectivity index (χ1n) is 3.54. The van der Waals surface area contributed by atoms with Crippen molar-refractivity contribution in [2.45, 2.75) is 13.3 Å². The van der Waals surface area contributed by atoms with E-state index < -0.39 is 0 Å². The van der Waals surface area contributed by atoms with Crippen LogP contribution in [0.25, 0.3) is 0 Å². The lowest BCUT2D eigenvalue weighted by Crippen LogP contribution is -2.26. The quantitative estimate of drug-likeness (QED) is 0.550. The van der Waals surface area contributed by atoms with E-state index in [-0.39, 0.29) is 5.78 Å². The molecular formula is C8H12O2. The van der Waals surface area contributed by atoms with Crippen LogP contribution in [0.4, 0.5) is 0 Å². The maximum absolute atomic E-state index is 10.4. The van der Waals surface area contributed by atoms with Crippen molar-refractivity contribution in [2.75, 3.05) is 13.2 Å². The molecule has 56 valence electrons. The van der Waals surface area contributed by atoms with Crippen LogP contribution in [-0.4, -0.2) is 19.0 Å². The highest BCUT2D eigenvalue weighted by Gasteiger charge is 2.15. The van der Waals surface area contributed by atoms with E-state index in [1.165, 1.54) is 0 Å². The number of hydrogen-bond acceptors (Lipinski definition) is 2. The van der Waals surface area contributed by atoms with Gasteiger partial charge in [-0.1, -0.05) is 6.08 Å². The molecule has 2 heteroatoms. The van der Waals surface area contributed by atoms with Crippen LogP contribution in [0.2, 0.25) is 0 Å². The Hall–Kier alpha value is -0.630. The van der Waals surface area contributed by atoms with E-state index in [1.807, 2.05) is 6.08 Å². The summed E-state index contributed by atoms with van der Waals surface area (Å²) in [6.07, 6.45) is 4.54. The summed E-state index contributed by atoms with van der Waals surface area (Å²) in [7, 11) is 0. The summed E-state index contributed by atoms with van der Waals surface area (Å²) in [6, 6.07) is 0. The predicted octanol–water partition coefficient (Wildman–Crippen LogP) is 1.17. The normalized spacial score (nSPS) is 19.3. The average molecular weight is 140 g/mol. The molecule has 0 aromatic heterocycles. The van der Waals surface area contributed by atoms with Gasteiger partial charge in [0.1, 0.15) is 0 Å². The highest BCUT2D eigenvalue weighted by Crippen LogP contribution is 2.14. The first kappa shape index (κ1) is 7.48. The smallest absolute Gasteiger partial charge is 0.152 e. The molecule has 1 heterocycles. The van der Waals surface area contributed by atoms with Crippen molar-refractivity contribution >= 4 is 5.78 Å². The molecule has 0 radical (unpaired) electrons. The largest absolute Gasteiger partial charge is 0.381 e. The van der Waals surface area contributed by atoms with Gasteiger partial charge in [0.05, 0.1) is 13.2 Å². The Morgan fingerprint density at radius 1 is 1.70 bits per heavy atom. The predicted molar refractivity (Wildman–Crippen MR) is 38.7 cm³/mol. The molecule has 0 spiro atoms. The third-order valence-electron chi connectivity index (χ3n) is 1.53. The maximum Gasteiger partial charge on any atom is 0.152 e. The van der Waals surface area contributed by atoms with E-state index >= 15 is 0 Å². The van der Waals surface area contributed by atoms with E-state index in [1.54, 1.807) is 13.0 Å². The Morgan fingerprint density at radius 2 is 2.40 bits per heavy atom. The van der Waals surface area contributed by atoms with Gasteiger partial charge in [-0.2, -0.15) is 0 Å². The van der Waals surface area contributed by atoms with Crippen molar-refractivity contribution in [1.82, 2.24) is 0 Å². The van der Waals surface area contributed by atoms with E-state index in [0.717, 1.165) is 19.6 Å². The lowest BCUT2D eigenvalue weighted by Gasteiger charge is -2.24. The molecule has 0 saturated carbocycles. The summed E-state index contributed by atoms with van der Waals surface area (Å²) in [4.78, 5) is 10.4. The number of carbonyl (C=O) groups is 1. The molecule has 1 saturated heterocycles. The van der Waals surface area contributed by atoms with E-state index in [0.29, 0.717) is 5.92 Å². The number of allylic oxidation sites excluding steroid dienone is 2. The van der Waals surface area contributed by atoms with Gasteiger partial charge >= 0.3 is 0 Å². The Labute approximate surface area is 60.9 Å². The van der Waals surface area contributed by atoms with Crippen molar-refractivity contribution < 1.29 is 9.53 Å². The first-order chi connectivity index (χ1) is 4.79. The number of rotatable bonds is 3. The standard InChI is InChI=1S/C8H12O2/c1-7(9)3-2-4-8-5-10-6-8/h2-3,8H,4-6H2,1H3. The second-order valence-electron chi connectivity index (χ2n) is 2.65. The third kappa shape index (κ3) is 2.31. The average Bonchev–Trinajstić information content (AvgIpc) is 1.75. The fourth-order valence-electron chi connectivity index (χ4n) is 0.847. The van der Waals surface area contributed by atoms with E-state index in [4.69, 9.17) is 4.74 Å². The van der Waals surface area contributed by atoms with Crippen LogP contribution in [-0.2, 0) is 9.53 Å². The Bertz CT molecular complexity index is 145. The van der Waals surface area contributed by atoms with Crippen molar-refractivity contribution in [2.24, 2.45) is 5.92 Å². The molecule has 0 aromatic rings. The first-order valence-corrected chi connectivity index (χ1v) is 3.54. The molecule has 1 rings (SSSR count). The van der Waals surface area contributed by atoms with E-state index in [9.17, 15) is 4.79 Å². The Balaban J connectivity index is 2.08. The van der Waals surface area contributed by atoms with Gasteiger partial charge in [0, 0.05) is 5.92 Å². The van der Waals surface area contributed by atoms with Gasteiger partial charge in [0.25, 0.3) is 0 Å². The number of ketones is 1. The topological polar surface area (TPSA) is 26.3 Å². The molecule has 1 aliphatic rings. The molecule has 0 aliphatic carbocycles. The molecule has 0 unspecified atom stereocenters. The summed E-state index contributed by atoms with van der Waals surface area (Å²) >= 11 is 0. The van der Waals surface area contributed by atoms with Crippen molar-refractivity contribution in [3.8, 4) is 0 Å². The van der Waals surface area contributed by atoms with Crippen LogP contribution >= 0.6 is 0 Å². The van der Waals surface area contributed by atoms with Crippen LogP contribution in [0, 0.1) is 5.92 Å². The van der Waals surface area contributed by atoms with Gasteiger partial charge in [-0.15, -0.1) is 0 Å². The molecule has 0 amide bonds. The van der Waals surface area contributed by atoms with Gasteiger partial charge in [-0.25, -0.2) is 0 Å². The van der Waals surface area contributed by atoms with Crippen molar-refractivity contribution in [3.63, 3.8) is 0 Å². The maximum atomic E-state index is 10.4. The molecule has 0 atom stereocenters. The molecule has 1 fully saturated rings. The van der Waals surface area contributed by atoms with Gasteiger partial charge < -0.3 is 4.74 Å². The zero-order valence-corrected chi connectivity index (χ0v) is 6.17. The number of hydrogen-bond donors (Lipinski definition) is 0. The zero-order valence-electron chi connectivity index (χ0n) is 6.17. The van der Waals surface area contributed by atoms with Gasteiger partial charge in [-0.05, 0) is 19.4 Å². The fourth-order valence-corrected chi connectivity index (χ4v) is 0.847. The minimum Gasteiger partial charge on any atom is -0.381 e. The minimum atomic E-state index is 0.125. The molecular weight excluding hydrogens is 128 g/mol. The SMILES string of the molecule is CC(=O)C=CCC1COC1. The van der Waals surface area contributed by atoms with Crippen LogP contribution < -0.4 is 0 Å². The van der Waals surface area contributed by atoms with Gasteiger partial charge in [-0.3, -0.25) is 4.79 Å². The molecule has 0 bridgehead atoms. The lowest BCUT2D eigenvalue weighted by molar-refractivity contribution is -0.112. The van der Waals surface area contributed by atoms with Crippen LogP contribution in [0.3, 0.4) is 0 Å². The molecule has 0 aromatic carbocycles. The highest BCUT2D eigenvalue weighted by molar-refractivity contribution is 5.87. The molecule has 0 N–H and O–H groups in total. The number of carbonyl (C=O) groups excluding carboxylic acids is 1. The van der Waals surface area contributed by atoms with Gasteiger partial charge in [0.2, 0.25) is 0 Å². The summed E-state index contributed by atoms with van der Waals surface area (Å²) in [5.41, 5.74) is 0. The molecule has 2 nitrogen and oxygen atoms in total. The summed E-state index contributed by atoms with van der Waals surface area (Å²) in [5, 5.41) is 0. The summed E-state index contributed by atoms with van der Waals surface area (Å²) < 4.78 is 4.97.